The van der Waals surface area contributed by atoms with Gasteiger partial charge < -0.3 is 14.8 Å². The SMILES string of the molecule is Cc1ccc(C)c(OCCNC(=O)C(C)Oc2ccccc2C)c1. The van der Waals surface area contributed by atoms with Gasteiger partial charge in [0.15, 0.2) is 6.10 Å². The average molecular weight is 327 g/mol. The number of ether oxygens (including phenoxy) is 2. The second-order valence-corrected chi connectivity index (χ2v) is 5.93. The van der Waals surface area contributed by atoms with E-state index in [1.807, 2.05) is 57.2 Å². The zero-order valence-electron chi connectivity index (χ0n) is 14.8. The van der Waals surface area contributed by atoms with Crippen molar-refractivity contribution in [2.75, 3.05) is 13.2 Å². The Morgan fingerprint density at radius 1 is 1.04 bits per heavy atom. The maximum Gasteiger partial charge on any atom is 0.260 e. The minimum absolute atomic E-state index is 0.150. The summed E-state index contributed by atoms with van der Waals surface area (Å²) >= 11 is 0. The van der Waals surface area contributed by atoms with E-state index in [2.05, 4.69) is 11.4 Å². The van der Waals surface area contributed by atoms with E-state index in [0.717, 1.165) is 28.2 Å². The quantitative estimate of drug-likeness (QED) is 0.791. The molecule has 1 N–H and O–H groups in total. The Hall–Kier alpha value is -2.49. The normalized spacial score (nSPS) is 11.7. The Balaban J connectivity index is 1.76. The van der Waals surface area contributed by atoms with Gasteiger partial charge in [-0.15, -0.1) is 0 Å². The van der Waals surface area contributed by atoms with E-state index < -0.39 is 6.10 Å². The fraction of sp³-hybridized carbons (Fsp3) is 0.350. The standard InChI is InChI=1S/C20H25NO3/c1-14-9-10-16(3)19(13-14)23-12-11-21-20(22)17(4)24-18-8-6-5-7-15(18)2/h5-10,13,17H,11-12H2,1-4H3,(H,21,22). The highest BCUT2D eigenvalue weighted by Crippen LogP contribution is 2.19. The van der Waals surface area contributed by atoms with Gasteiger partial charge in [0.1, 0.15) is 18.1 Å². The highest BCUT2D eigenvalue weighted by atomic mass is 16.5. The number of carbonyl (C=O) groups excluding carboxylic acids is 1. The molecule has 4 nitrogen and oxygen atoms in total. The third-order valence-corrected chi connectivity index (χ3v) is 3.77. The van der Waals surface area contributed by atoms with Gasteiger partial charge in [-0.2, -0.15) is 0 Å². The Morgan fingerprint density at radius 2 is 1.75 bits per heavy atom. The Labute approximate surface area is 143 Å². The summed E-state index contributed by atoms with van der Waals surface area (Å²) in [5, 5.41) is 2.84. The van der Waals surface area contributed by atoms with Gasteiger partial charge in [0.25, 0.3) is 5.91 Å². The first kappa shape index (κ1) is 17.9. The van der Waals surface area contributed by atoms with Crippen molar-refractivity contribution in [1.29, 1.82) is 0 Å². The van der Waals surface area contributed by atoms with E-state index in [1.165, 1.54) is 0 Å². The number of amides is 1. The smallest absolute Gasteiger partial charge is 0.260 e. The number of hydrogen-bond donors (Lipinski definition) is 1. The molecule has 0 aliphatic rings. The second-order valence-electron chi connectivity index (χ2n) is 5.93. The molecule has 0 aliphatic heterocycles. The third-order valence-electron chi connectivity index (χ3n) is 3.77. The fourth-order valence-electron chi connectivity index (χ4n) is 2.27. The molecule has 0 heterocycles. The van der Waals surface area contributed by atoms with Gasteiger partial charge in [0.05, 0.1) is 6.54 Å². The predicted molar refractivity (Wildman–Crippen MR) is 95.7 cm³/mol. The average Bonchev–Trinajstić information content (AvgIpc) is 2.56. The van der Waals surface area contributed by atoms with Crippen LogP contribution in [0.5, 0.6) is 11.5 Å². The zero-order valence-corrected chi connectivity index (χ0v) is 14.8. The lowest BCUT2D eigenvalue weighted by atomic mass is 10.1. The van der Waals surface area contributed by atoms with E-state index in [9.17, 15) is 4.79 Å². The van der Waals surface area contributed by atoms with Crippen molar-refractivity contribution in [2.24, 2.45) is 0 Å². The van der Waals surface area contributed by atoms with Crippen LogP contribution in [0.1, 0.15) is 23.6 Å². The van der Waals surface area contributed by atoms with Crippen LogP contribution in [-0.4, -0.2) is 25.2 Å². The van der Waals surface area contributed by atoms with Crippen molar-refractivity contribution < 1.29 is 14.3 Å². The van der Waals surface area contributed by atoms with Crippen molar-refractivity contribution in [3.8, 4) is 11.5 Å². The lowest BCUT2D eigenvalue weighted by Gasteiger charge is -2.16. The van der Waals surface area contributed by atoms with Crippen LogP contribution in [-0.2, 0) is 4.79 Å². The van der Waals surface area contributed by atoms with Gasteiger partial charge in [0, 0.05) is 0 Å². The van der Waals surface area contributed by atoms with Crippen molar-refractivity contribution in [3.05, 3.63) is 59.2 Å². The summed E-state index contributed by atoms with van der Waals surface area (Å²) in [6.45, 7) is 8.59. The largest absolute Gasteiger partial charge is 0.491 e. The molecule has 0 fully saturated rings. The van der Waals surface area contributed by atoms with E-state index in [-0.39, 0.29) is 5.91 Å². The molecule has 0 aromatic heterocycles. The molecular weight excluding hydrogens is 302 g/mol. The first-order chi connectivity index (χ1) is 11.5. The van der Waals surface area contributed by atoms with Crippen molar-refractivity contribution in [2.45, 2.75) is 33.8 Å². The summed E-state index contributed by atoms with van der Waals surface area (Å²) in [5.74, 6) is 1.43. The Bertz CT molecular complexity index is 697. The van der Waals surface area contributed by atoms with Crippen LogP contribution in [0.15, 0.2) is 42.5 Å². The highest BCUT2D eigenvalue weighted by molar-refractivity contribution is 5.80. The van der Waals surface area contributed by atoms with E-state index in [1.54, 1.807) is 6.92 Å². The number of aryl methyl sites for hydroxylation is 3. The summed E-state index contributed by atoms with van der Waals surface area (Å²) in [5.41, 5.74) is 3.25. The molecule has 4 heteroatoms. The second kappa shape index (κ2) is 8.39. The number of benzene rings is 2. The van der Waals surface area contributed by atoms with Crippen LogP contribution in [0, 0.1) is 20.8 Å². The molecule has 0 bridgehead atoms. The summed E-state index contributed by atoms with van der Waals surface area (Å²) in [4.78, 5) is 12.1. The molecule has 0 aliphatic carbocycles. The van der Waals surface area contributed by atoms with Gasteiger partial charge >= 0.3 is 0 Å². The van der Waals surface area contributed by atoms with Crippen LogP contribution in [0.3, 0.4) is 0 Å². The zero-order chi connectivity index (χ0) is 17.5. The van der Waals surface area contributed by atoms with E-state index in [0.29, 0.717) is 13.2 Å². The number of carbonyl (C=O) groups is 1. The minimum Gasteiger partial charge on any atom is -0.491 e. The van der Waals surface area contributed by atoms with Crippen LogP contribution in [0.4, 0.5) is 0 Å². The molecule has 2 aromatic rings. The number of rotatable bonds is 7. The lowest BCUT2D eigenvalue weighted by Crippen LogP contribution is -2.38. The van der Waals surface area contributed by atoms with Gasteiger partial charge in [0.2, 0.25) is 0 Å². The summed E-state index contributed by atoms with van der Waals surface area (Å²) in [6, 6.07) is 13.7. The lowest BCUT2D eigenvalue weighted by molar-refractivity contribution is -0.127. The van der Waals surface area contributed by atoms with Crippen LogP contribution in [0.25, 0.3) is 0 Å². The van der Waals surface area contributed by atoms with Gasteiger partial charge in [-0.25, -0.2) is 0 Å². The molecule has 1 atom stereocenters. The first-order valence-corrected chi connectivity index (χ1v) is 8.17. The van der Waals surface area contributed by atoms with E-state index >= 15 is 0 Å². The Morgan fingerprint density at radius 3 is 2.50 bits per heavy atom. The van der Waals surface area contributed by atoms with Crippen molar-refractivity contribution in [3.63, 3.8) is 0 Å². The molecule has 0 saturated heterocycles. The molecule has 1 unspecified atom stereocenters. The van der Waals surface area contributed by atoms with Crippen LogP contribution < -0.4 is 14.8 Å². The fourth-order valence-corrected chi connectivity index (χ4v) is 2.27. The highest BCUT2D eigenvalue weighted by Gasteiger charge is 2.14. The predicted octanol–water partition coefficient (Wildman–Crippen LogP) is 3.57. The summed E-state index contributed by atoms with van der Waals surface area (Å²) < 4.78 is 11.4. The molecular formula is C20H25NO3. The number of nitrogens with one attached hydrogen (secondary N) is 1. The maximum atomic E-state index is 12.1. The van der Waals surface area contributed by atoms with Crippen molar-refractivity contribution >= 4 is 5.91 Å². The van der Waals surface area contributed by atoms with Crippen LogP contribution in [0.2, 0.25) is 0 Å². The van der Waals surface area contributed by atoms with Gasteiger partial charge in [-0.1, -0.05) is 30.3 Å². The molecule has 2 aromatic carbocycles. The number of para-hydroxylation sites is 1. The van der Waals surface area contributed by atoms with E-state index in [4.69, 9.17) is 9.47 Å². The first-order valence-electron chi connectivity index (χ1n) is 8.17. The molecule has 24 heavy (non-hydrogen) atoms. The van der Waals surface area contributed by atoms with Gasteiger partial charge in [-0.05, 0) is 56.5 Å². The molecule has 1 amide bonds. The molecule has 2 rings (SSSR count). The summed E-state index contributed by atoms with van der Waals surface area (Å²) in [6.07, 6.45) is -0.549. The topological polar surface area (TPSA) is 47.6 Å². The Kier molecular flexibility index (Phi) is 6.24. The minimum atomic E-state index is -0.549. The molecule has 128 valence electrons. The van der Waals surface area contributed by atoms with Gasteiger partial charge in [-0.3, -0.25) is 4.79 Å². The molecule has 0 saturated carbocycles. The third kappa shape index (κ3) is 5.01. The summed E-state index contributed by atoms with van der Waals surface area (Å²) in [7, 11) is 0. The maximum absolute atomic E-state index is 12.1. The monoisotopic (exact) mass is 327 g/mol. The molecule has 0 spiro atoms. The van der Waals surface area contributed by atoms with Crippen molar-refractivity contribution in [1.82, 2.24) is 5.32 Å². The number of hydrogen-bond acceptors (Lipinski definition) is 3. The van der Waals surface area contributed by atoms with Crippen LogP contribution >= 0.6 is 0 Å². The molecule has 0 radical (unpaired) electrons.